The number of esters is 4. The third kappa shape index (κ3) is 22.1. The van der Waals surface area contributed by atoms with Crippen LogP contribution >= 0.6 is 0 Å². The Bertz CT molecular complexity index is 3340. The topological polar surface area (TPSA) is 141 Å². The average molecular weight is 1150 g/mol. The molecule has 0 aliphatic heterocycles. The summed E-state index contributed by atoms with van der Waals surface area (Å²) in [5.74, 6) is 3.45. The van der Waals surface area contributed by atoms with Crippen LogP contribution in [0.4, 0.5) is 0 Å². The summed E-state index contributed by atoms with van der Waals surface area (Å²) in [6.07, 6.45) is 6.24. The fourth-order valence-corrected chi connectivity index (χ4v) is 6.89. The predicted molar refractivity (Wildman–Crippen MR) is 338 cm³/mol. The lowest BCUT2D eigenvalue weighted by molar-refractivity contribution is -0.148. The van der Waals surface area contributed by atoms with Crippen LogP contribution < -0.4 is 23.7 Å². The van der Waals surface area contributed by atoms with E-state index in [0.29, 0.717) is 46.3 Å². The summed E-state index contributed by atoms with van der Waals surface area (Å²) in [5.41, 5.74) is 3.14. The van der Waals surface area contributed by atoms with Gasteiger partial charge in [-0.15, -0.1) is 0 Å². The van der Waals surface area contributed by atoms with Crippen molar-refractivity contribution in [2.45, 2.75) is 102 Å². The molecule has 0 spiro atoms. The van der Waals surface area contributed by atoms with E-state index in [4.69, 9.17) is 28.4 Å². The van der Waals surface area contributed by atoms with Crippen molar-refractivity contribution in [3.05, 3.63) is 241 Å². The summed E-state index contributed by atoms with van der Waals surface area (Å²) >= 11 is 0. The van der Waals surface area contributed by atoms with E-state index in [1.54, 1.807) is 91.0 Å². The van der Waals surface area contributed by atoms with E-state index in [2.05, 4.69) is 24.3 Å². The number of rotatable bonds is 20. The van der Waals surface area contributed by atoms with Crippen LogP contribution in [0.3, 0.4) is 0 Å². The molecule has 11 nitrogen and oxygen atoms in total. The molecule has 0 heterocycles. The Morgan fingerprint density at radius 3 is 1.12 bits per heavy atom. The number of benzene rings is 8. The zero-order chi connectivity index (χ0) is 61.8. The van der Waals surface area contributed by atoms with Crippen molar-refractivity contribution >= 4 is 35.7 Å². The van der Waals surface area contributed by atoms with Crippen LogP contribution in [-0.2, 0) is 23.9 Å². The molecule has 0 radical (unpaired) electrons. The van der Waals surface area contributed by atoms with Crippen LogP contribution in [0.5, 0.6) is 40.2 Å². The predicted octanol–water partition coefficient (Wildman–Crippen LogP) is 18.8. The van der Waals surface area contributed by atoms with Crippen LogP contribution in [0.15, 0.2) is 225 Å². The monoisotopic (exact) mass is 1140 g/mol. The Morgan fingerprint density at radius 1 is 0.376 bits per heavy atom. The van der Waals surface area contributed by atoms with E-state index in [1.165, 1.54) is 17.4 Å². The SMILES string of the molecule is CCC(C)(C)C(=O)O/C=C/c1ccc(-c2ccccc2)cc1.CCC(C)(C)C(=O)Oc1ccc(C(=O)c2ccccc2)cc1.CCC(C)(C)C(=O)Oc1ccc(Oc2ccccc2)cc1.CCC(C)C(=O)Oc1ccc(Oc2ccccc2)cc1. The van der Waals surface area contributed by atoms with Gasteiger partial charge < -0.3 is 28.4 Å². The molecule has 0 aromatic heterocycles. The average Bonchev–Trinajstić information content (AvgIpc) is 3.65. The summed E-state index contributed by atoms with van der Waals surface area (Å²) < 4.78 is 32.6. The van der Waals surface area contributed by atoms with Gasteiger partial charge in [-0.05, 0) is 187 Å². The minimum absolute atomic E-state index is 0.0487. The Morgan fingerprint density at radius 2 is 0.706 bits per heavy atom. The zero-order valence-corrected chi connectivity index (χ0v) is 50.8. The van der Waals surface area contributed by atoms with Crippen LogP contribution in [0.2, 0.25) is 0 Å². The van der Waals surface area contributed by atoms with Crippen LogP contribution in [0.25, 0.3) is 17.2 Å². The molecular formula is C74H80O11. The molecule has 0 N–H and O–H groups in total. The van der Waals surface area contributed by atoms with Gasteiger partial charge in [0.1, 0.15) is 40.2 Å². The zero-order valence-electron chi connectivity index (χ0n) is 50.8. The highest BCUT2D eigenvalue weighted by atomic mass is 16.5. The summed E-state index contributed by atoms with van der Waals surface area (Å²) in [6.45, 7) is 20.9. The van der Waals surface area contributed by atoms with Crippen LogP contribution in [-0.4, -0.2) is 29.7 Å². The number of ether oxygens (including phenoxy) is 6. The summed E-state index contributed by atoms with van der Waals surface area (Å²) in [6, 6.07) is 67.3. The summed E-state index contributed by atoms with van der Waals surface area (Å²) in [4.78, 5) is 59.8. The first-order valence-electron chi connectivity index (χ1n) is 28.7. The Balaban J connectivity index is 0.000000207. The largest absolute Gasteiger partial charge is 0.457 e. The van der Waals surface area contributed by atoms with E-state index < -0.39 is 16.2 Å². The van der Waals surface area contributed by atoms with Crippen LogP contribution in [0.1, 0.15) is 123 Å². The lowest BCUT2D eigenvalue weighted by atomic mass is 9.91. The minimum Gasteiger partial charge on any atom is -0.457 e. The minimum atomic E-state index is -0.515. The molecule has 0 saturated heterocycles. The van der Waals surface area contributed by atoms with Gasteiger partial charge in [-0.3, -0.25) is 24.0 Å². The second-order valence-corrected chi connectivity index (χ2v) is 21.9. The maximum atomic E-state index is 12.3. The molecule has 1 atom stereocenters. The van der Waals surface area contributed by atoms with Gasteiger partial charge in [-0.2, -0.15) is 0 Å². The van der Waals surface area contributed by atoms with Crippen molar-refractivity contribution in [3.8, 4) is 51.4 Å². The second kappa shape index (κ2) is 33.1. The highest BCUT2D eigenvalue weighted by molar-refractivity contribution is 6.09. The summed E-state index contributed by atoms with van der Waals surface area (Å²) in [5, 5.41) is 0. The first-order chi connectivity index (χ1) is 40.7. The Hall–Kier alpha value is -9.35. The lowest BCUT2D eigenvalue weighted by Gasteiger charge is -2.20. The molecule has 0 amide bonds. The van der Waals surface area contributed by atoms with Gasteiger partial charge in [0.05, 0.1) is 28.4 Å². The molecule has 0 aliphatic carbocycles. The van der Waals surface area contributed by atoms with Crippen molar-refractivity contribution < 1.29 is 52.4 Å². The van der Waals surface area contributed by atoms with Gasteiger partial charge in [0.15, 0.2) is 5.78 Å². The fraction of sp³-hybridized carbons (Fsp3) is 0.257. The van der Waals surface area contributed by atoms with Crippen molar-refractivity contribution in [3.63, 3.8) is 0 Å². The highest BCUT2D eigenvalue weighted by Crippen LogP contribution is 2.29. The molecule has 442 valence electrons. The van der Waals surface area contributed by atoms with E-state index in [1.807, 2.05) is 185 Å². The van der Waals surface area contributed by atoms with Crippen molar-refractivity contribution in [1.29, 1.82) is 0 Å². The Kier molecular flexibility index (Phi) is 25.9. The maximum Gasteiger partial charge on any atom is 0.316 e. The molecule has 0 bridgehead atoms. The Labute approximate surface area is 502 Å². The quantitative estimate of drug-likeness (QED) is 0.0312. The molecule has 0 fully saturated rings. The van der Waals surface area contributed by atoms with Gasteiger partial charge >= 0.3 is 23.9 Å². The third-order valence-electron chi connectivity index (χ3n) is 14.2. The van der Waals surface area contributed by atoms with Gasteiger partial charge in [0.2, 0.25) is 0 Å². The molecule has 8 aromatic carbocycles. The second-order valence-electron chi connectivity index (χ2n) is 21.9. The fourth-order valence-electron chi connectivity index (χ4n) is 6.89. The number of hydrogen-bond donors (Lipinski definition) is 0. The van der Waals surface area contributed by atoms with Crippen molar-refractivity contribution in [2.24, 2.45) is 22.2 Å². The van der Waals surface area contributed by atoms with Crippen molar-refractivity contribution in [2.75, 3.05) is 0 Å². The van der Waals surface area contributed by atoms with Gasteiger partial charge in [0, 0.05) is 11.1 Å². The van der Waals surface area contributed by atoms with Gasteiger partial charge in [-0.25, -0.2) is 0 Å². The van der Waals surface area contributed by atoms with E-state index >= 15 is 0 Å². The number of ketones is 1. The molecule has 0 saturated carbocycles. The smallest absolute Gasteiger partial charge is 0.316 e. The first kappa shape index (κ1) is 66.5. The number of hydrogen-bond acceptors (Lipinski definition) is 11. The number of para-hydroxylation sites is 2. The van der Waals surface area contributed by atoms with Crippen molar-refractivity contribution in [1.82, 2.24) is 0 Å². The van der Waals surface area contributed by atoms with E-state index in [9.17, 15) is 24.0 Å². The molecule has 8 aromatic rings. The first-order valence-corrected chi connectivity index (χ1v) is 28.7. The van der Waals surface area contributed by atoms with E-state index in [-0.39, 0.29) is 35.6 Å². The van der Waals surface area contributed by atoms with Gasteiger partial charge in [0.25, 0.3) is 0 Å². The molecule has 1 unspecified atom stereocenters. The molecule has 0 aliphatic rings. The molecule has 85 heavy (non-hydrogen) atoms. The number of carbonyl (C=O) groups is 5. The summed E-state index contributed by atoms with van der Waals surface area (Å²) in [7, 11) is 0. The van der Waals surface area contributed by atoms with Crippen LogP contribution in [0, 0.1) is 22.2 Å². The third-order valence-corrected chi connectivity index (χ3v) is 14.2. The van der Waals surface area contributed by atoms with E-state index in [0.717, 1.165) is 36.3 Å². The molecule has 8 rings (SSSR count). The molecule has 11 heteroatoms. The van der Waals surface area contributed by atoms with Gasteiger partial charge in [-0.1, -0.05) is 156 Å². The lowest BCUT2D eigenvalue weighted by Crippen LogP contribution is -2.28. The number of carbonyl (C=O) groups excluding carboxylic acids is 5. The normalized spacial score (nSPS) is 11.3. The highest BCUT2D eigenvalue weighted by Gasteiger charge is 2.29. The maximum absolute atomic E-state index is 12.3. The standard InChI is InChI=1S/C20H22O2.C19H20O3.C18H20O3.C17H18O3/c1-4-20(2,3)19(21)22-15-14-16-10-12-18(13-11-16)17-8-6-5-7-9-17;1-4-19(2,3)18(21)22-16-12-10-15(11-13-16)17(20)14-8-6-5-7-9-14;1-4-18(2,3)17(19)21-16-12-10-15(11-13-16)20-14-8-6-5-7-9-14;1-3-13(2)17(18)20-16-11-9-15(10-12-16)19-14-7-5-4-6-8-14/h5-15H,4H2,1-3H3;5-13H,4H2,1-3H3;5-13H,4H2,1-3H3;4-13H,3H2,1-2H3/b15-14+;;;. The molecular weight excluding hydrogens is 1060 g/mol.